The van der Waals surface area contributed by atoms with E-state index in [1.165, 1.54) is 6.20 Å². The van der Waals surface area contributed by atoms with Crippen molar-refractivity contribution in [2.45, 2.75) is 55.4 Å². The molecule has 0 atom stereocenters. The average Bonchev–Trinajstić information content (AvgIpc) is 3.01. The zero-order valence-electron chi connectivity index (χ0n) is 24.3. The van der Waals surface area contributed by atoms with Crippen LogP contribution in [-0.4, -0.2) is 85.4 Å². The van der Waals surface area contributed by atoms with Gasteiger partial charge in [0.05, 0.1) is 34.9 Å². The highest BCUT2D eigenvalue weighted by atomic mass is 32.2. The number of carbonyl (C=O) groups excluding carboxylic acids is 1. The lowest BCUT2D eigenvalue weighted by molar-refractivity contribution is 0.0526. The Morgan fingerprint density at radius 2 is 1.74 bits per heavy atom. The first-order chi connectivity index (χ1) is 20.3. The number of fused-ring (bicyclic) bond motifs is 1. The number of carbonyl (C=O) groups is 1. The van der Waals surface area contributed by atoms with Crippen LogP contribution in [0, 0.1) is 0 Å². The van der Waals surface area contributed by atoms with E-state index in [4.69, 9.17) is 9.47 Å². The van der Waals surface area contributed by atoms with Crippen molar-refractivity contribution in [1.29, 1.82) is 0 Å². The molecule has 11 heteroatoms. The fraction of sp³-hybridized carbons (Fsp3) is 0.484. The van der Waals surface area contributed by atoms with Gasteiger partial charge in [-0.05, 0) is 68.7 Å². The number of esters is 1. The molecular weight excluding hydrogens is 574 g/mol. The number of benzene rings is 2. The third kappa shape index (κ3) is 6.63. The van der Waals surface area contributed by atoms with Crippen molar-refractivity contribution in [3.8, 4) is 5.75 Å². The van der Waals surface area contributed by atoms with Crippen LogP contribution in [0.5, 0.6) is 5.75 Å². The quantitative estimate of drug-likeness (QED) is 0.242. The first-order valence-electron chi connectivity index (χ1n) is 14.7. The minimum Gasteiger partial charge on any atom is -0.494 e. The highest BCUT2D eigenvalue weighted by Crippen LogP contribution is 2.38. The summed E-state index contributed by atoms with van der Waals surface area (Å²) in [6, 6.07) is 12.0. The van der Waals surface area contributed by atoms with E-state index in [1.807, 2.05) is 0 Å². The Balaban J connectivity index is 1.51. The molecule has 3 aromatic rings. The van der Waals surface area contributed by atoms with Gasteiger partial charge in [0.15, 0.2) is 0 Å². The highest BCUT2D eigenvalue weighted by Gasteiger charge is 2.32. The molecule has 0 radical (unpaired) electrons. The standard InChI is InChI=1S/C31H39N3O6S2/c1-3-5-18-40-25-7-9-26(10-8-25)42(37,38)29-22-32-28-11-6-23(31(35)39-4-2)21-27(28)30(29)34-14-12-24(13-15-34)33-16-19-41(36)20-17-33/h6-11,21-22,24H,3-5,12-20H2,1-2H3. The Morgan fingerprint density at radius 3 is 2.40 bits per heavy atom. The molecule has 42 heavy (non-hydrogen) atoms. The number of nitrogens with zero attached hydrogens (tertiary/aromatic N) is 3. The van der Waals surface area contributed by atoms with Crippen molar-refractivity contribution in [2.75, 3.05) is 55.8 Å². The van der Waals surface area contributed by atoms with Crippen LogP contribution in [0.25, 0.3) is 10.9 Å². The number of ether oxygens (including phenoxy) is 2. The molecule has 0 spiro atoms. The molecule has 1 aromatic heterocycles. The fourth-order valence-electron chi connectivity index (χ4n) is 5.67. The molecule has 2 fully saturated rings. The van der Waals surface area contributed by atoms with E-state index in [-0.39, 0.29) is 16.4 Å². The molecule has 0 aliphatic carbocycles. The third-order valence-electron chi connectivity index (χ3n) is 8.02. The predicted molar refractivity (Wildman–Crippen MR) is 165 cm³/mol. The summed E-state index contributed by atoms with van der Waals surface area (Å²) < 4.78 is 51.1. The molecule has 0 saturated carbocycles. The first kappa shape index (κ1) is 30.4. The maximum atomic E-state index is 14.1. The maximum absolute atomic E-state index is 14.1. The molecule has 0 bridgehead atoms. The van der Waals surface area contributed by atoms with E-state index in [0.29, 0.717) is 65.1 Å². The van der Waals surface area contributed by atoms with Gasteiger partial charge in [-0.2, -0.15) is 0 Å². The minimum atomic E-state index is -3.96. The zero-order chi connectivity index (χ0) is 29.7. The second-order valence-electron chi connectivity index (χ2n) is 10.7. The monoisotopic (exact) mass is 613 g/mol. The fourth-order valence-corrected chi connectivity index (χ4v) is 8.19. The van der Waals surface area contributed by atoms with Crippen molar-refractivity contribution >= 4 is 43.2 Å². The number of anilines is 1. The van der Waals surface area contributed by atoms with Gasteiger partial charge in [-0.3, -0.25) is 14.1 Å². The third-order valence-corrected chi connectivity index (χ3v) is 11.1. The van der Waals surface area contributed by atoms with E-state index in [2.05, 4.69) is 21.7 Å². The Morgan fingerprint density at radius 1 is 1.02 bits per heavy atom. The molecule has 2 saturated heterocycles. The molecule has 2 aliphatic rings. The van der Waals surface area contributed by atoms with E-state index in [0.717, 1.165) is 38.8 Å². The summed E-state index contributed by atoms with van der Waals surface area (Å²) in [5.74, 6) is 1.58. The number of hydrogen-bond acceptors (Lipinski definition) is 9. The lowest BCUT2D eigenvalue weighted by atomic mass is 10.0. The van der Waals surface area contributed by atoms with E-state index in [9.17, 15) is 17.4 Å². The lowest BCUT2D eigenvalue weighted by Crippen LogP contribution is -2.49. The van der Waals surface area contributed by atoms with Gasteiger partial charge in [-0.15, -0.1) is 0 Å². The summed E-state index contributed by atoms with van der Waals surface area (Å²) in [6.45, 7) is 7.62. The van der Waals surface area contributed by atoms with Crippen molar-refractivity contribution in [2.24, 2.45) is 0 Å². The van der Waals surface area contributed by atoms with Crippen molar-refractivity contribution < 1.29 is 26.9 Å². The van der Waals surface area contributed by atoms with Crippen molar-refractivity contribution in [3.05, 3.63) is 54.2 Å². The lowest BCUT2D eigenvalue weighted by Gasteiger charge is -2.41. The molecule has 2 aliphatic heterocycles. The number of pyridine rings is 1. The van der Waals surface area contributed by atoms with Crippen LogP contribution in [0.2, 0.25) is 0 Å². The molecule has 0 amide bonds. The van der Waals surface area contributed by atoms with Gasteiger partial charge in [0.2, 0.25) is 9.84 Å². The molecule has 2 aromatic carbocycles. The van der Waals surface area contributed by atoms with Gasteiger partial charge in [0.25, 0.3) is 0 Å². The van der Waals surface area contributed by atoms with E-state index < -0.39 is 26.6 Å². The molecule has 226 valence electrons. The van der Waals surface area contributed by atoms with Crippen molar-refractivity contribution in [3.63, 3.8) is 0 Å². The normalized spacial score (nSPS) is 17.4. The number of unbranched alkanes of at least 4 members (excludes halogenated alkanes) is 1. The Bertz CT molecular complexity index is 1530. The van der Waals surface area contributed by atoms with Crippen LogP contribution in [-0.2, 0) is 25.4 Å². The van der Waals surface area contributed by atoms with E-state index in [1.54, 1.807) is 49.4 Å². The minimum absolute atomic E-state index is 0.113. The van der Waals surface area contributed by atoms with Gasteiger partial charge in [0, 0.05) is 66.1 Å². The van der Waals surface area contributed by atoms with Crippen molar-refractivity contribution in [1.82, 2.24) is 9.88 Å². The second kappa shape index (κ2) is 13.5. The summed E-state index contributed by atoms with van der Waals surface area (Å²) >= 11 is 0. The second-order valence-corrected chi connectivity index (χ2v) is 14.3. The largest absolute Gasteiger partial charge is 0.494 e. The molecule has 5 rings (SSSR count). The molecule has 3 heterocycles. The molecule has 0 N–H and O–H groups in total. The number of aromatic nitrogens is 1. The van der Waals surface area contributed by atoms with Gasteiger partial charge in [-0.1, -0.05) is 13.3 Å². The number of piperidine rings is 1. The average molecular weight is 614 g/mol. The van der Waals surface area contributed by atoms with Crippen LogP contribution >= 0.6 is 0 Å². The summed E-state index contributed by atoms with van der Waals surface area (Å²) in [5.41, 5.74) is 1.52. The Kier molecular flexibility index (Phi) is 9.80. The predicted octanol–water partition coefficient (Wildman–Crippen LogP) is 4.46. The van der Waals surface area contributed by atoms with Crippen LogP contribution < -0.4 is 9.64 Å². The molecular formula is C31H39N3O6S2. The SMILES string of the molecule is CCCCOc1ccc(S(=O)(=O)c2cnc3ccc(C(=O)OCC)cc3c2N2CCC(N3CCS(=O)CC3)CC2)cc1. The Hall–Kier alpha value is -3.02. The van der Waals surface area contributed by atoms with Crippen LogP contribution in [0.1, 0.15) is 49.9 Å². The Labute approximate surface area is 250 Å². The summed E-state index contributed by atoms with van der Waals surface area (Å²) in [5, 5.41) is 0.605. The number of rotatable bonds is 10. The number of hydrogen-bond donors (Lipinski definition) is 0. The smallest absolute Gasteiger partial charge is 0.338 e. The molecule has 9 nitrogen and oxygen atoms in total. The number of sulfone groups is 1. The first-order valence-corrected chi connectivity index (χ1v) is 17.7. The van der Waals surface area contributed by atoms with Crippen LogP contribution in [0.15, 0.2) is 58.5 Å². The topological polar surface area (TPSA) is 106 Å². The summed E-state index contributed by atoms with van der Waals surface area (Å²) in [6.07, 6.45) is 5.09. The summed E-state index contributed by atoms with van der Waals surface area (Å²) in [4.78, 5) is 22.0. The van der Waals surface area contributed by atoms with Gasteiger partial charge in [0.1, 0.15) is 10.6 Å². The zero-order valence-corrected chi connectivity index (χ0v) is 25.9. The van der Waals surface area contributed by atoms with Gasteiger partial charge < -0.3 is 14.4 Å². The summed E-state index contributed by atoms with van der Waals surface area (Å²) in [7, 11) is -4.69. The highest BCUT2D eigenvalue weighted by molar-refractivity contribution is 7.91. The maximum Gasteiger partial charge on any atom is 0.338 e. The van der Waals surface area contributed by atoms with Crippen LogP contribution in [0.3, 0.4) is 0 Å². The molecule has 0 unspecified atom stereocenters. The van der Waals surface area contributed by atoms with Gasteiger partial charge in [-0.25, -0.2) is 13.2 Å². The van der Waals surface area contributed by atoms with Crippen LogP contribution in [0.4, 0.5) is 5.69 Å². The van der Waals surface area contributed by atoms with Gasteiger partial charge >= 0.3 is 5.97 Å². The van der Waals surface area contributed by atoms with E-state index >= 15 is 0 Å².